The summed E-state index contributed by atoms with van der Waals surface area (Å²) in [5.74, 6) is -0.652. The second kappa shape index (κ2) is 6.83. The van der Waals surface area contributed by atoms with Gasteiger partial charge in [0.2, 0.25) is 0 Å². The lowest BCUT2D eigenvalue weighted by molar-refractivity contribution is -0.123. The minimum Gasteiger partial charge on any atom is -0.449 e. The highest BCUT2D eigenvalue weighted by molar-refractivity contribution is 6.04. The van der Waals surface area contributed by atoms with Crippen LogP contribution < -0.4 is 5.32 Å². The molecule has 27 heavy (non-hydrogen) atoms. The van der Waals surface area contributed by atoms with Gasteiger partial charge in [-0.15, -0.1) is 0 Å². The average molecular weight is 365 g/mol. The lowest BCUT2D eigenvalue weighted by Crippen LogP contribution is -2.30. The molecule has 4 rings (SSSR count). The molecule has 7 nitrogen and oxygen atoms in total. The first-order chi connectivity index (χ1) is 13.0. The summed E-state index contributed by atoms with van der Waals surface area (Å²) in [4.78, 5) is 29.5. The van der Waals surface area contributed by atoms with Crippen LogP contribution in [0.4, 0.5) is 5.69 Å². The molecule has 1 unspecified atom stereocenters. The Hall–Kier alpha value is -3.22. The van der Waals surface area contributed by atoms with Gasteiger partial charge in [-0.1, -0.05) is 23.4 Å². The van der Waals surface area contributed by atoms with Crippen LogP contribution in [0, 0.1) is 6.92 Å². The molecule has 2 aromatic heterocycles. The van der Waals surface area contributed by atoms with Crippen molar-refractivity contribution in [2.75, 3.05) is 5.32 Å². The number of hydrogen-bond acceptors (Lipinski definition) is 6. The minimum atomic E-state index is -0.953. The van der Waals surface area contributed by atoms with Crippen molar-refractivity contribution in [2.24, 2.45) is 0 Å². The van der Waals surface area contributed by atoms with Gasteiger partial charge < -0.3 is 14.6 Å². The number of amides is 1. The second-order valence-corrected chi connectivity index (χ2v) is 6.72. The number of esters is 1. The van der Waals surface area contributed by atoms with Crippen LogP contribution in [0.2, 0.25) is 0 Å². The van der Waals surface area contributed by atoms with Gasteiger partial charge in [0.05, 0.1) is 16.6 Å². The van der Waals surface area contributed by atoms with E-state index in [1.165, 1.54) is 6.92 Å². The van der Waals surface area contributed by atoms with Crippen molar-refractivity contribution in [3.8, 4) is 0 Å². The fourth-order valence-electron chi connectivity index (χ4n) is 2.91. The molecule has 3 aromatic rings. The molecule has 1 N–H and O–H groups in total. The predicted octanol–water partition coefficient (Wildman–Crippen LogP) is 3.59. The summed E-state index contributed by atoms with van der Waals surface area (Å²) in [6, 6.07) is 10.7. The number of aromatic nitrogens is 2. The summed E-state index contributed by atoms with van der Waals surface area (Å²) >= 11 is 0. The summed E-state index contributed by atoms with van der Waals surface area (Å²) in [6.45, 7) is 3.28. The lowest BCUT2D eigenvalue weighted by Gasteiger charge is -2.14. The maximum atomic E-state index is 12.8. The van der Waals surface area contributed by atoms with Crippen LogP contribution in [0.5, 0.6) is 0 Å². The van der Waals surface area contributed by atoms with E-state index in [4.69, 9.17) is 9.26 Å². The Labute approximate surface area is 155 Å². The van der Waals surface area contributed by atoms with E-state index >= 15 is 0 Å². The van der Waals surface area contributed by atoms with Crippen molar-refractivity contribution in [3.05, 3.63) is 53.3 Å². The molecule has 0 aliphatic heterocycles. The number of para-hydroxylation sites is 1. The quantitative estimate of drug-likeness (QED) is 0.694. The lowest BCUT2D eigenvalue weighted by atomic mass is 10.1. The van der Waals surface area contributed by atoms with Crippen LogP contribution >= 0.6 is 0 Å². The van der Waals surface area contributed by atoms with Crippen LogP contribution in [0.25, 0.3) is 11.1 Å². The van der Waals surface area contributed by atoms with E-state index in [0.29, 0.717) is 34.0 Å². The number of carbonyl (C=O) groups is 2. The fourth-order valence-corrected chi connectivity index (χ4v) is 2.91. The average Bonchev–Trinajstić information content (AvgIpc) is 3.45. The second-order valence-electron chi connectivity index (χ2n) is 6.72. The normalized spacial score (nSPS) is 14.7. The number of anilines is 1. The fraction of sp³-hybridized carbons (Fsp3) is 0.300. The van der Waals surface area contributed by atoms with E-state index < -0.39 is 18.0 Å². The molecular formula is C20H19N3O4. The third-order valence-corrected chi connectivity index (χ3v) is 4.55. The monoisotopic (exact) mass is 365 g/mol. The van der Waals surface area contributed by atoms with E-state index in [9.17, 15) is 9.59 Å². The molecule has 2 heterocycles. The molecule has 0 bridgehead atoms. The van der Waals surface area contributed by atoms with Gasteiger partial charge in [-0.25, -0.2) is 9.78 Å². The Kier molecular flexibility index (Phi) is 4.35. The first kappa shape index (κ1) is 17.2. The largest absolute Gasteiger partial charge is 0.449 e. The van der Waals surface area contributed by atoms with Crippen LogP contribution in [0.1, 0.15) is 47.4 Å². The molecule has 0 radical (unpaired) electrons. The minimum absolute atomic E-state index is 0.324. The maximum absolute atomic E-state index is 12.8. The zero-order valence-corrected chi connectivity index (χ0v) is 15.1. The van der Waals surface area contributed by atoms with Crippen LogP contribution in [0.3, 0.4) is 0 Å². The van der Waals surface area contributed by atoms with Gasteiger partial charge in [0.1, 0.15) is 0 Å². The highest BCUT2D eigenvalue weighted by Gasteiger charge is 2.30. The van der Waals surface area contributed by atoms with E-state index in [0.717, 1.165) is 18.5 Å². The van der Waals surface area contributed by atoms with E-state index in [-0.39, 0.29) is 0 Å². The number of ether oxygens (including phenoxy) is 1. The summed E-state index contributed by atoms with van der Waals surface area (Å²) in [7, 11) is 0. The molecule has 0 spiro atoms. The maximum Gasteiger partial charge on any atom is 0.339 e. The van der Waals surface area contributed by atoms with Gasteiger partial charge in [0, 0.05) is 17.3 Å². The summed E-state index contributed by atoms with van der Waals surface area (Å²) in [5.41, 5.74) is 2.66. The third-order valence-electron chi connectivity index (χ3n) is 4.55. The highest BCUT2D eigenvalue weighted by atomic mass is 16.5. The molecule has 1 aliphatic carbocycles. The number of nitrogens with one attached hydrogen (secondary N) is 1. The van der Waals surface area contributed by atoms with Gasteiger partial charge >= 0.3 is 5.97 Å². The number of fused-ring (bicyclic) bond motifs is 1. The summed E-state index contributed by atoms with van der Waals surface area (Å²) in [6.07, 6.45) is 1.12. The van der Waals surface area contributed by atoms with Gasteiger partial charge in [0.25, 0.3) is 11.6 Å². The van der Waals surface area contributed by atoms with Crippen molar-refractivity contribution in [1.82, 2.24) is 10.1 Å². The zero-order chi connectivity index (χ0) is 19.0. The van der Waals surface area contributed by atoms with Gasteiger partial charge in [-0.3, -0.25) is 4.79 Å². The van der Waals surface area contributed by atoms with E-state index in [1.54, 1.807) is 25.1 Å². The Bertz CT molecular complexity index is 1010. The standard InChI is InChI=1S/C20H19N3O4/c1-11-17-15(10-16(13-8-9-13)22-19(17)27-23-11)20(25)26-12(2)18(24)21-14-6-4-3-5-7-14/h3-7,10,12-13H,8-9H2,1-2H3,(H,21,24). The predicted molar refractivity (Wildman–Crippen MR) is 98.5 cm³/mol. The van der Waals surface area contributed by atoms with E-state index in [1.807, 2.05) is 18.2 Å². The molecule has 138 valence electrons. The van der Waals surface area contributed by atoms with Gasteiger partial charge in [-0.2, -0.15) is 0 Å². The van der Waals surface area contributed by atoms with Crippen molar-refractivity contribution in [3.63, 3.8) is 0 Å². The van der Waals surface area contributed by atoms with Crippen molar-refractivity contribution < 1.29 is 18.8 Å². The number of aryl methyl sites for hydroxylation is 1. The Balaban J connectivity index is 1.55. The number of rotatable bonds is 5. The molecule has 7 heteroatoms. The number of benzene rings is 1. The first-order valence-corrected chi connectivity index (χ1v) is 8.86. The smallest absolute Gasteiger partial charge is 0.339 e. The summed E-state index contributed by atoms with van der Waals surface area (Å²) < 4.78 is 10.7. The van der Waals surface area contributed by atoms with Crippen molar-refractivity contribution in [2.45, 2.75) is 38.7 Å². The van der Waals surface area contributed by atoms with Gasteiger partial charge in [-0.05, 0) is 44.9 Å². The number of carbonyl (C=O) groups excluding carboxylic acids is 2. The Morgan fingerprint density at radius 3 is 2.70 bits per heavy atom. The van der Waals surface area contributed by atoms with Crippen molar-refractivity contribution >= 4 is 28.7 Å². The number of hydrogen-bond donors (Lipinski definition) is 1. The SMILES string of the molecule is Cc1noc2nc(C3CC3)cc(C(=O)OC(C)C(=O)Nc3ccccc3)c12. The number of nitrogens with zero attached hydrogens (tertiary/aromatic N) is 2. The van der Waals surface area contributed by atoms with Crippen molar-refractivity contribution in [1.29, 1.82) is 0 Å². The Morgan fingerprint density at radius 1 is 1.26 bits per heavy atom. The molecule has 1 fully saturated rings. The molecule has 1 aliphatic rings. The molecular weight excluding hydrogens is 346 g/mol. The molecule has 1 amide bonds. The first-order valence-electron chi connectivity index (χ1n) is 8.86. The highest BCUT2D eigenvalue weighted by Crippen LogP contribution is 2.40. The van der Waals surface area contributed by atoms with Crippen LogP contribution in [0.15, 0.2) is 40.9 Å². The topological polar surface area (TPSA) is 94.3 Å². The molecule has 1 saturated carbocycles. The molecule has 1 atom stereocenters. The molecule has 1 aromatic carbocycles. The number of pyridine rings is 1. The molecule has 0 saturated heterocycles. The van der Waals surface area contributed by atoms with Crippen LogP contribution in [-0.4, -0.2) is 28.1 Å². The van der Waals surface area contributed by atoms with E-state index in [2.05, 4.69) is 15.5 Å². The summed E-state index contributed by atoms with van der Waals surface area (Å²) in [5, 5.41) is 7.16. The van der Waals surface area contributed by atoms with Gasteiger partial charge in [0.15, 0.2) is 6.10 Å². The van der Waals surface area contributed by atoms with Crippen LogP contribution in [-0.2, 0) is 9.53 Å². The Morgan fingerprint density at radius 2 is 2.00 bits per heavy atom. The third kappa shape index (κ3) is 3.53. The zero-order valence-electron chi connectivity index (χ0n) is 15.1.